The Morgan fingerprint density at radius 3 is 2.62 bits per heavy atom. The minimum atomic E-state index is 0.0827. The highest BCUT2D eigenvalue weighted by atomic mass is 16.5. The second kappa shape index (κ2) is 7.83. The van der Waals surface area contributed by atoms with E-state index in [0.29, 0.717) is 11.7 Å². The van der Waals surface area contributed by atoms with Gasteiger partial charge in [-0.1, -0.05) is 12.1 Å². The molecule has 1 aliphatic rings. The lowest BCUT2D eigenvalue weighted by atomic mass is 10.1. The van der Waals surface area contributed by atoms with Crippen LogP contribution >= 0.6 is 0 Å². The highest BCUT2D eigenvalue weighted by Crippen LogP contribution is 2.23. The third kappa shape index (κ3) is 3.63. The Kier molecular flexibility index (Phi) is 5.55. The van der Waals surface area contributed by atoms with Crippen molar-refractivity contribution in [3.63, 3.8) is 0 Å². The topological polar surface area (TPSA) is 78.5 Å². The lowest BCUT2D eigenvalue weighted by Gasteiger charge is -2.39. The van der Waals surface area contributed by atoms with E-state index >= 15 is 0 Å². The van der Waals surface area contributed by atoms with Crippen molar-refractivity contribution in [1.29, 1.82) is 0 Å². The molecule has 7 heteroatoms. The van der Waals surface area contributed by atoms with Gasteiger partial charge in [-0.05, 0) is 25.5 Å². The number of hydrogen-bond acceptors (Lipinski definition) is 7. The summed E-state index contributed by atoms with van der Waals surface area (Å²) in [6.07, 6.45) is 4.44. The fraction of sp³-hybridized carbons (Fsp3) is 0.588. The Bertz CT molecular complexity index is 621. The molecule has 0 spiro atoms. The van der Waals surface area contributed by atoms with Crippen LogP contribution in [0.4, 0.5) is 0 Å². The zero-order valence-corrected chi connectivity index (χ0v) is 14.3. The lowest BCUT2D eigenvalue weighted by Crippen LogP contribution is -2.51. The second-order valence-electron chi connectivity index (χ2n) is 6.19. The van der Waals surface area contributed by atoms with Crippen molar-refractivity contribution in [2.75, 3.05) is 32.8 Å². The fourth-order valence-corrected chi connectivity index (χ4v) is 3.17. The third-order valence-electron chi connectivity index (χ3n) is 4.81. The molecular weight excluding hydrogens is 306 g/mol. The van der Waals surface area contributed by atoms with Crippen LogP contribution < -0.4 is 0 Å². The molecule has 0 aromatic carbocycles. The van der Waals surface area contributed by atoms with Crippen LogP contribution in [0, 0.1) is 0 Å². The van der Waals surface area contributed by atoms with Crippen LogP contribution in [0.1, 0.15) is 32.2 Å². The molecule has 3 heterocycles. The van der Waals surface area contributed by atoms with Crippen LogP contribution in [0.2, 0.25) is 0 Å². The summed E-state index contributed by atoms with van der Waals surface area (Å²) in [5.74, 6) is 1.21. The SMILES string of the molecule is CCC(CO)N1CCN(C(C)c2nc(-c3cccnc3)no2)CC1. The number of hydrogen-bond donors (Lipinski definition) is 1. The molecule has 130 valence electrons. The number of aliphatic hydroxyl groups is 1. The van der Waals surface area contributed by atoms with Gasteiger partial charge in [-0.15, -0.1) is 0 Å². The summed E-state index contributed by atoms with van der Waals surface area (Å²) in [6, 6.07) is 4.13. The largest absolute Gasteiger partial charge is 0.395 e. The van der Waals surface area contributed by atoms with Crippen LogP contribution in [0.3, 0.4) is 0 Å². The van der Waals surface area contributed by atoms with Gasteiger partial charge in [-0.2, -0.15) is 4.98 Å². The van der Waals surface area contributed by atoms with E-state index in [1.54, 1.807) is 12.4 Å². The molecule has 1 N–H and O–H groups in total. The van der Waals surface area contributed by atoms with Gasteiger partial charge in [0, 0.05) is 50.2 Å². The molecule has 1 aliphatic heterocycles. The molecule has 2 atom stereocenters. The zero-order valence-electron chi connectivity index (χ0n) is 14.3. The van der Waals surface area contributed by atoms with Crippen molar-refractivity contribution in [1.82, 2.24) is 24.9 Å². The van der Waals surface area contributed by atoms with Crippen molar-refractivity contribution >= 4 is 0 Å². The number of aromatic nitrogens is 3. The lowest BCUT2D eigenvalue weighted by molar-refractivity contribution is 0.0422. The van der Waals surface area contributed by atoms with Gasteiger partial charge in [0.2, 0.25) is 11.7 Å². The van der Waals surface area contributed by atoms with Crippen LogP contribution in [-0.4, -0.2) is 68.9 Å². The predicted molar refractivity (Wildman–Crippen MR) is 90.3 cm³/mol. The summed E-state index contributed by atoms with van der Waals surface area (Å²) in [5.41, 5.74) is 0.859. The van der Waals surface area contributed by atoms with Crippen molar-refractivity contribution in [3.05, 3.63) is 30.4 Å². The number of nitrogens with zero attached hydrogens (tertiary/aromatic N) is 5. The molecule has 7 nitrogen and oxygen atoms in total. The normalized spacial score (nSPS) is 19.3. The van der Waals surface area contributed by atoms with E-state index in [9.17, 15) is 5.11 Å². The molecule has 0 amide bonds. The average molecular weight is 331 g/mol. The molecule has 0 aliphatic carbocycles. The number of rotatable bonds is 6. The van der Waals surface area contributed by atoms with Crippen molar-refractivity contribution < 1.29 is 9.63 Å². The molecule has 1 saturated heterocycles. The number of pyridine rings is 1. The molecule has 2 aromatic heterocycles. The standard InChI is InChI=1S/C17H25N5O2/c1-3-15(12-23)22-9-7-21(8-10-22)13(2)17-19-16(20-24-17)14-5-4-6-18-11-14/h4-6,11,13,15,23H,3,7-10,12H2,1-2H3. The molecular formula is C17H25N5O2. The fourth-order valence-electron chi connectivity index (χ4n) is 3.17. The number of aliphatic hydroxyl groups excluding tert-OH is 1. The summed E-state index contributed by atoms with van der Waals surface area (Å²) in [7, 11) is 0. The van der Waals surface area contributed by atoms with Gasteiger partial charge in [0.25, 0.3) is 0 Å². The summed E-state index contributed by atoms with van der Waals surface area (Å²) in [4.78, 5) is 13.3. The van der Waals surface area contributed by atoms with Gasteiger partial charge in [0.15, 0.2) is 0 Å². The van der Waals surface area contributed by atoms with Crippen LogP contribution in [0.5, 0.6) is 0 Å². The van der Waals surface area contributed by atoms with E-state index in [-0.39, 0.29) is 18.7 Å². The Hall–Kier alpha value is -1.83. The smallest absolute Gasteiger partial charge is 0.244 e. The summed E-state index contributed by atoms with van der Waals surface area (Å²) in [5, 5.41) is 13.5. The summed E-state index contributed by atoms with van der Waals surface area (Å²) >= 11 is 0. The van der Waals surface area contributed by atoms with Gasteiger partial charge < -0.3 is 9.63 Å². The second-order valence-corrected chi connectivity index (χ2v) is 6.19. The monoisotopic (exact) mass is 331 g/mol. The molecule has 0 bridgehead atoms. The average Bonchev–Trinajstić information content (AvgIpc) is 3.14. The minimum absolute atomic E-state index is 0.0827. The van der Waals surface area contributed by atoms with E-state index in [1.807, 2.05) is 12.1 Å². The van der Waals surface area contributed by atoms with Gasteiger partial charge >= 0.3 is 0 Å². The summed E-state index contributed by atoms with van der Waals surface area (Å²) in [6.45, 7) is 8.21. The minimum Gasteiger partial charge on any atom is -0.395 e. The molecule has 1 fully saturated rings. The van der Waals surface area contributed by atoms with Gasteiger partial charge in [-0.25, -0.2) is 0 Å². The maximum absolute atomic E-state index is 9.45. The van der Waals surface area contributed by atoms with Crippen LogP contribution in [-0.2, 0) is 0 Å². The third-order valence-corrected chi connectivity index (χ3v) is 4.81. The van der Waals surface area contributed by atoms with E-state index in [1.165, 1.54) is 0 Å². The zero-order chi connectivity index (χ0) is 16.9. The molecule has 0 saturated carbocycles. The van der Waals surface area contributed by atoms with Gasteiger partial charge in [0.1, 0.15) is 0 Å². The first-order valence-corrected chi connectivity index (χ1v) is 8.56. The Labute approximate surface area is 142 Å². The molecule has 24 heavy (non-hydrogen) atoms. The highest BCUT2D eigenvalue weighted by Gasteiger charge is 2.28. The van der Waals surface area contributed by atoms with Crippen molar-refractivity contribution in [2.45, 2.75) is 32.4 Å². The quantitative estimate of drug-likeness (QED) is 0.861. The molecule has 2 unspecified atom stereocenters. The maximum atomic E-state index is 9.45. The molecule has 2 aromatic rings. The molecule has 0 radical (unpaired) electrons. The van der Waals surface area contributed by atoms with E-state index in [0.717, 1.165) is 38.2 Å². The first-order valence-electron chi connectivity index (χ1n) is 8.56. The van der Waals surface area contributed by atoms with E-state index in [4.69, 9.17) is 4.52 Å². The predicted octanol–water partition coefficient (Wildman–Crippen LogP) is 1.58. The Balaban J connectivity index is 1.62. The Morgan fingerprint density at radius 1 is 1.25 bits per heavy atom. The van der Waals surface area contributed by atoms with Crippen LogP contribution in [0.25, 0.3) is 11.4 Å². The van der Waals surface area contributed by atoms with E-state index < -0.39 is 0 Å². The van der Waals surface area contributed by atoms with Gasteiger partial charge in [-0.3, -0.25) is 14.8 Å². The van der Waals surface area contributed by atoms with Crippen molar-refractivity contribution in [3.8, 4) is 11.4 Å². The summed E-state index contributed by atoms with van der Waals surface area (Å²) < 4.78 is 5.47. The first-order chi connectivity index (χ1) is 11.7. The maximum Gasteiger partial charge on any atom is 0.244 e. The highest BCUT2D eigenvalue weighted by molar-refractivity contribution is 5.51. The number of piperazine rings is 1. The first kappa shape index (κ1) is 17.0. The van der Waals surface area contributed by atoms with E-state index in [2.05, 4.69) is 38.8 Å². The Morgan fingerprint density at radius 2 is 2.00 bits per heavy atom. The van der Waals surface area contributed by atoms with Gasteiger partial charge in [0.05, 0.1) is 12.6 Å². The van der Waals surface area contributed by atoms with Crippen LogP contribution in [0.15, 0.2) is 29.0 Å². The molecule has 3 rings (SSSR count). The van der Waals surface area contributed by atoms with Crippen molar-refractivity contribution in [2.24, 2.45) is 0 Å².